The van der Waals surface area contributed by atoms with Gasteiger partial charge in [0.2, 0.25) is 0 Å². The van der Waals surface area contributed by atoms with Crippen molar-refractivity contribution in [1.82, 2.24) is 10.2 Å². The number of carbonyl (C=O) groups excluding carboxylic acids is 3. The number of alkyl halides is 2. The van der Waals surface area contributed by atoms with Crippen LogP contribution in [0.3, 0.4) is 0 Å². The van der Waals surface area contributed by atoms with Crippen LogP contribution in [0.1, 0.15) is 36.0 Å². The smallest absolute Gasteiger partial charge is 0.387 e. The first-order valence-corrected chi connectivity index (χ1v) is 7.63. The summed E-state index contributed by atoms with van der Waals surface area (Å²) in [6.07, 6.45) is 2.89. The SMILES string of the molecule is O=C(CN1C(=O)NC2(CCCC2)C1=O)c1ccc(OC(F)F)cc1. The van der Waals surface area contributed by atoms with Crippen LogP contribution >= 0.6 is 0 Å². The fourth-order valence-corrected chi connectivity index (χ4v) is 3.19. The fourth-order valence-electron chi connectivity index (χ4n) is 3.19. The lowest BCUT2D eigenvalue weighted by Crippen LogP contribution is -2.44. The molecule has 0 radical (unpaired) electrons. The van der Waals surface area contributed by atoms with Crippen LogP contribution in [0.2, 0.25) is 0 Å². The molecule has 0 atom stereocenters. The summed E-state index contributed by atoms with van der Waals surface area (Å²) in [7, 11) is 0. The van der Waals surface area contributed by atoms with Crippen LogP contribution in [0, 0.1) is 0 Å². The molecule has 6 nitrogen and oxygen atoms in total. The molecule has 2 aliphatic rings. The van der Waals surface area contributed by atoms with Gasteiger partial charge in [0.1, 0.15) is 11.3 Å². The number of nitrogens with one attached hydrogen (secondary N) is 1. The van der Waals surface area contributed by atoms with Crippen molar-refractivity contribution in [3.05, 3.63) is 29.8 Å². The number of ether oxygens (including phenoxy) is 1. The number of rotatable bonds is 5. The summed E-state index contributed by atoms with van der Waals surface area (Å²) in [5.41, 5.74) is -0.642. The topological polar surface area (TPSA) is 75.7 Å². The Kier molecular flexibility index (Phi) is 4.21. The highest BCUT2D eigenvalue weighted by Crippen LogP contribution is 2.35. The molecule has 128 valence electrons. The number of amides is 3. The van der Waals surface area contributed by atoms with Gasteiger partial charge in [-0.25, -0.2) is 4.79 Å². The normalized spacial score (nSPS) is 19.2. The molecule has 1 aromatic rings. The summed E-state index contributed by atoms with van der Waals surface area (Å²) >= 11 is 0. The van der Waals surface area contributed by atoms with E-state index in [0.717, 1.165) is 17.7 Å². The Labute approximate surface area is 136 Å². The Bertz CT molecular complexity index is 669. The summed E-state index contributed by atoms with van der Waals surface area (Å²) < 4.78 is 28.4. The number of Topliss-reactive ketones (excluding diaryl/α,β-unsaturated/α-hetero) is 1. The van der Waals surface area contributed by atoms with Crippen molar-refractivity contribution in [1.29, 1.82) is 0 Å². The van der Waals surface area contributed by atoms with Crippen molar-refractivity contribution in [2.24, 2.45) is 0 Å². The zero-order valence-corrected chi connectivity index (χ0v) is 12.8. The van der Waals surface area contributed by atoms with Crippen molar-refractivity contribution in [3.63, 3.8) is 0 Å². The minimum Gasteiger partial charge on any atom is -0.435 e. The zero-order chi connectivity index (χ0) is 17.3. The van der Waals surface area contributed by atoms with E-state index >= 15 is 0 Å². The second-order valence-corrected chi connectivity index (χ2v) is 5.94. The van der Waals surface area contributed by atoms with Gasteiger partial charge in [-0.05, 0) is 37.1 Å². The van der Waals surface area contributed by atoms with Crippen molar-refractivity contribution in [2.45, 2.75) is 37.8 Å². The number of carbonyl (C=O) groups is 3. The monoisotopic (exact) mass is 338 g/mol. The highest BCUT2D eigenvalue weighted by atomic mass is 19.3. The maximum Gasteiger partial charge on any atom is 0.387 e. The molecule has 1 aliphatic heterocycles. The molecule has 0 unspecified atom stereocenters. The summed E-state index contributed by atoms with van der Waals surface area (Å²) in [5, 5.41) is 2.70. The van der Waals surface area contributed by atoms with E-state index in [-0.39, 0.29) is 23.8 Å². The van der Waals surface area contributed by atoms with Gasteiger partial charge in [0.25, 0.3) is 5.91 Å². The van der Waals surface area contributed by atoms with E-state index in [1.54, 1.807) is 0 Å². The molecular formula is C16H16F2N2O4. The van der Waals surface area contributed by atoms with Gasteiger partial charge in [-0.3, -0.25) is 14.5 Å². The molecule has 3 amide bonds. The maximum absolute atomic E-state index is 12.5. The van der Waals surface area contributed by atoms with E-state index < -0.39 is 24.0 Å². The predicted molar refractivity (Wildman–Crippen MR) is 78.8 cm³/mol. The number of nitrogens with zero attached hydrogens (tertiary/aromatic N) is 1. The number of hydrogen-bond acceptors (Lipinski definition) is 4. The number of urea groups is 1. The Balaban J connectivity index is 1.68. The van der Waals surface area contributed by atoms with Gasteiger partial charge < -0.3 is 10.1 Å². The zero-order valence-electron chi connectivity index (χ0n) is 12.8. The molecule has 1 N–H and O–H groups in total. The Morgan fingerprint density at radius 3 is 2.42 bits per heavy atom. The summed E-state index contributed by atoms with van der Waals surface area (Å²) in [6, 6.07) is 4.56. The molecule has 3 rings (SSSR count). The van der Waals surface area contributed by atoms with Crippen LogP contribution in [-0.2, 0) is 4.79 Å². The second-order valence-electron chi connectivity index (χ2n) is 5.94. The Morgan fingerprint density at radius 1 is 1.21 bits per heavy atom. The van der Waals surface area contributed by atoms with Gasteiger partial charge in [-0.15, -0.1) is 0 Å². The molecule has 8 heteroatoms. The Morgan fingerprint density at radius 2 is 1.83 bits per heavy atom. The molecule has 1 heterocycles. The van der Waals surface area contributed by atoms with Gasteiger partial charge in [-0.2, -0.15) is 8.78 Å². The predicted octanol–water partition coefficient (Wildman–Crippen LogP) is 2.34. The first-order valence-electron chi connectivity index (χ1n) is 7.63. The molecule has 1 aliphatic carbocycles. The fraction of sp³-hybridized carbons (Fsp3) is 0.438. The van der Waals surface area contributed by atoms with Crippen LogP contribution in [0.4, 0.5) is 13.6 Å². The molecule has 24 heavy (non-hydrogen) atoms. The van der Waals surface area contributed by atoms with Crippen molar-refractivity contribution >= 4 is 17.7 Å². The summed E-state index contributed by atoms with van der Waals surface area (Å²) in [4.78, 5) is 37.7. The number of hydrogen-bond donors (Lipinski definition) is 1. The average molecular weight is 338 g/mol. The molecule has 1 spiro atoms. The molecule has 2 fully saturated rings. The van der Waals surface area contributed by atoms with E-state index in [0.29, 0.717) is 12.8 Å². The first-order chi connectivity index (χ1) is 11.4. The maximum atomic E-state index is 12.5. The van der Waals surface area contributed by atoms with E-state index in [9.17, 15) is 23.2 Å². The second kappa shape index (κ2) is 6.18. The largest absolute Gasteiger partial charge is 0.435 e. The highest BCUT2D eigenvalue weighted by molar-refractivity contribution is 6.11. The van der Waals surface area contributed by atoms with Crippen molar-refractivity contribution in [3.8, 4) is 5.75 Å². The molecular weight excluding hydrogens is 322 g/mol. The summed E-state index contributed by atoms with van der Waals surface area (Å²) in [5.74, 6) is -0.880. The quantitative estimate of drug-likeness (QED) is 0.660. The molecule has 1 aromatic carbocycles. The van der Waals surface area contributed by atoms with Crippen LogP contribution in [0.5, 0.6) is 5.75 Å². The van der Waals surface area contributed by atoms with E-state index in [4.69, 9.17) is 0 Å². The van der Waals surface area contributed by atoms with E-state index in [2.05, 4.69) is 10.1 Å². The minimum atomic E-state index is -2.94. The summed E-state index contributed by atoms with van der Waals surface area (Å²) in [6.45, 7) is -3.32. The first kappa shape index (κ1) is 16.4. The number of benzene rings is 1. The third-order valence-electron chi connectivity index (χ3n) is 4.41. The van der Waals surface area contributed by atoms with E-state index in [1.807, 2.05) is 0 Å². The van der Waals surface area contributed by atoms with Gasteiger partial charge in [0, 0.05) is 5.56 Å². The van der Waals surface area contributed by atoms with Crippen LogP contribution in [0.15, 0.2) is 24.3 Å². The Hall–Kier alpha value is -2.51. The highest BCUT2D eigenvalue weighted by Gasteiger charge is 2.52. The van der Waals surface area contributed by atoms with Gasteiger partial charge in [0.05, 0.1) is 6.54 Å². The lowest BCUT2D eigenvalue weighted by molar-refractivity contribution is -0.130. The average Bonchev–Trinajstić information content (AvgIpc) is 3.09. The lowest BCUT2D eigenvalue weighted by Gasteiger charge is -2.19. The van der Waals surface area contributed by atoms with Crippen LogP contribution in [0.25, 0.3) is 0 Å². The number of ketones is 1. The standard InChI is InChI=1S/C16H16F2N2O4/c17-14(18)24-11-5-3-10(4-6-11)12(21)9-20-13(22)16(19-15(20)23)7-1-2-8-16/h3-6,14H,1-2,7-9H2,(H,19,23). The van der Waals surface area contributed by atoms with Crippen molar-refractivity contribution < 1.29 is 27.9 Å². The van der Waals surface area contributed by atoms with E-state index in [1.165, 1.54) is 24.3 Å². The van der Waals surface area contributed by atoms with Crippen molar-refractivity contribution in [2.75, 3.05) is 6.54 Å². The third-order valence-corrected chi connectivity index (χ3v) is 4.41. The van der Waals surface area contributed by atoms with Crippen LogP contribution in [-0.4, -0.2) is 41.3 Å². The number of halogens is 2. The van der Waals surface area contributed by atoms with Gasteiger partial charge in [0.15, 0.2) is 5.78 Å². The van der Waals surface area contributed by atoms with Crippen LogP contribution < -0.4 is 10.1 Å². The number of imide groups is 1. The third kappa shape index (κ3) is 2.95. The lowest BCUT2D eigenvalue weighted by atomic mass is 9.98. The molecule has 0 bridgehead atoms. The molecule has 1 saturated carbocycles. The van der Waals surface area contributed by atoms with Gasteiger partial charge >= 0.3 is 12.6 Å². The molecule has 1 saturated heterocycles. The minimum absolute atomic E-state index is 0.0681. The molecule has 0 aromatic heterocycles. The van der Waals surface area contributed by atoms with Gasteiger partial charge in [-0.1, -0.05) is 12.8 Å².